The molecule has 1 aliphatic carbocycles. The zero-order valence-electron chi connectivity index (χ0n) is 8.32. The highest BCUT2D eigenvalue weighted by atomic mass is 32.2. The average Bonchev–Trinajstić information content (AvgIpc) is 2.98. The zero-order chi connectivity index (χ0) is 11.3. The fraction of sp³-hybridized carbons (Fsp3) is 0.400. The summed E-state index contributed by atoms with van der Waals surface area (Å²) in [6, 6.07) is 0. The Morgan fingerprint density at radius 2 is 2.25 bits per heavy atom. The van der Waals surface area contributed by atoms with Crippen molar-refractivity contribution in [2.75, 3.05) is 5.32 Å². The van der Waals surface area contributed by atoms with Gasteiger partial charge >= 0.3 is 5.97 Å². The maximum absolute atomic E-state index is 11.7. The summed E-state index contributed by atoms with van der Waals surface area (Å²) >= 11 is 1.37. The van der Waals surface area contributed by atoms with Crippen molar-refractivity contribution in [2.45, 2.75) is 23.0 Å². The molecule has 3 rings (SSSR count). The number of carbonyl (C=O) groups is 2. The molecule has 1 aromatic rings. The number of nitrogens with one attached hydrogen (secondary N) is 2. The van der Waals surface area contributed by atoms with Crippen LogP contribution in [0.25, 0.3) is 0 Å². The largest absolute Gasteiger partial charge is 0.477 e. The van der Waals surface area contributed by atoms with E-state index >= 15 is 0 Å². The van der Waals surface area contributed by atoms with Gasteiger partial charge in [-0.05, 0) is 18.8 Å². The van der Waals surface area contributed by atoms with Crippen LogP contribution in [0.15, 0.2) is 11.1 Å². The lowest BCUT2D eigenvalue weighted by molar-refractivity contribution is -0.116. The predicted octanol–water partition coefficient (Wildman–Crippen LogP) is 1.54. The van der Waals surface area contributed by atoms with Crippen molar-refractivity contribution in [1.82, 2.24) is 4.98 Å². The average molecular weight is 238 g/mol. The number of rotatable bonds is 2. The predicted molar refractivity (Wildman–Crippen MR) is 58.8 cm³/mol. The molecule has 1 fully saturated rings. The summed E-state index contributed by atoms with van der Waals surface area (Å²) in [4.78, 5) is 26.0. The lowest BCUT2D eigenvalue weighted by atomic mass is 10.2. The van der Waals surface area contributed by atoms with Crippen molar-refractivity contribution in [2.24, 2.45) is 5.92 Å². The lowest BCUT2D eigenvalue weighted by Crippen LogP contribution is -2.30. The molecule has 2 heterocycles. The van der Waals surface area contributed by atoms with Crippen molar-refractivity contribution in [1.29, 1.82) is 0 Å². The maximum Gasteiger partial charge on any atom is 0.353 e. The topological polar surface area (TPSA) is 82.2 Å². The number of amides is 1. The second kappa shape index (κ2) is 3.28. The first-order chi connectivity index (χ1) is 7.66. The number of hydrogen-bond acceptors (Lipinski definition) is 3. The molecule has 6 heteroatoms. The number of thioether (sulfide) groups is 1. The Labute approximate surface area is 95.6 Å². The molecular formula is C10H10N2O3S. The number of carboxylic acids is 1. The molecule has 0 spiro atoms. The summed E-state index contributed by atoms with van der Waals surface area (Å²) in [5.41, 5.74) is 0.759. The van der Waals surface area contributed by atoms with Crippen LogP contribution in [0.5, 0.6) is 0 Å². The van der Waals surface area contributed by atoms with Gasteiger partial charge in [0.1, 0.15) is 5.69 Å². The monoisotopic (exact) mass is 238 g/mol. The van der Waals surface area contributed by atoms with E-state index in [1.165, 1.54) is 18.0 Å². The fourth-order valence-electron chi connectivity index (χ4n) is 1.88. The molecule has 84 valence electrons. The summed E-state index contributed by atoms with van der Waals surface area (Å²) in [5, 5.41) is 11.6. The Kier molecular flexibility index (Phi) is 2.00. The van der Waals surface area contributed by atoms with Gasteiger partial charge in [0.15, 0.2) is 0 Å². The van der Waals surface area contributed by atoms with E-state index in [1.54, 1.807) is 0 Å². The van der Waals surface area contributed by atoms with Crippen molar-refractivity contribution < 1.29 is 14.7 Å². The van der Waals surface area contributed by atoms with Crippen molar-refractivity contribution in [3.63, 3.8) is 0 Å². The number of hydrogen-bond donors (Lipinski definition) is 3. The van der Waals surface area contributed by atoms with E-state index in [1.807, 2.05) is 0 Å². The van der Waals surface area contributed by atoms with Crippen LogP contribution in [0.1, 0.15) is 23.3 Å². The molecule has 0 radical (unpaired) electrons. The first-order valence-electron chi connectivity index (χ1n) is 5.09. The Morgan fingerprint density at radius 3 is 2.88 bits per heavy atom. The molecular weight excluding hydrogens is 228 g/mol. The summed E-state index contributed by atoms with van der Waals surface area (Å²) in [5.74, 6) is -0.579. The Morgan fingerprint density at radius 1 is 1.50 bits per heavy atom. The SMILES string of the molecule is O=C(O)c1[nH]cc2c1SC(C1CC1)C(=O)N2. The van der Waals surface area contributed by atoms with Crippen molar-refractivity contribution in [3.8, 4) is 0 Å². The highest BCUT2D eigenvalue weighted by molar-refractivity contribution is 8.01. The first kappa shape index (κ1) is 9.77. The summed E-state index contributed by atoms with van der Waals surface area (Å²) in [6.07, 6.45) is 3.66. The zero-order valence-corrected chi connectivity index (χ0v) is 9.13. The second-order valence-electron chi connectivity index (χ2n) is 4.08. The number of aromatic carboxylic acids is 1. The molecule has 2 aliphatic rings. The Balaban J connectivity index is 1.97. The maximum atomic E-state index is 11.7. The molecule has 3 N–H and O–H groups in total. The third kappa shape index (κ3) is 1.41. The molecule has 5 nitrogen and oxygen atoms in total. The van der Waals surface area contributed by atoms with Crippen LogP contribution >= 0.6 is 11.8 Å². The lowest BCUT2D eigenvalue weighted by Gasteiger charge is -2.21. The van der Waals surface area contributed by atoms with Gasteiger partial charge in [0, 0.05) is 6.20 Å². The van der Waals surface area contributed by atoms with Gasteiger partial charge in [0.05, 0.1) is 15.8 Å². The van der Waals surface area contributed by atoms with Crippen molar-refractivity contribution in [3.05, 3.63) is 11.9 Å². The molecule has 0 bridgehead atoms. The molecule has 1 aromatic heterocycles. The molecule has 1 aliphatic heterocycles. The molecule has 1 saturated carbocycles. The van der Waals surface area contributed by atoms with Crippen LogP contribution in [-0.2, 0) is 4.79 Å². The molecule has 0 aromatic carbocycles. The van der Waals surface area contributed by atoms with Gasteiger partial charge in [-0.3, -0.25) is 4.79 Å². The van der Waals surface area contributed by atoms with Gasteiger partial charge in [-0.15, -0.1) is 11.8 Å². The van der Waals surface area contributed by atoms with Crippen LogP contribution in [0.2, 0.25) is 0 Å². The van der Waals surface area contributed by atoms with Crippen molar-refractivity contribution >= 4 is 29.3 Å². The number of aromatic amines is 1. The fourth-order valence-corrected chi connectivity index (χ4v) is 3.26. The quantitative estimate of drug-likeness (QED) is 0.729. The van der Waals surface area contributed by atoms with E-state index in [4.69, 9.17) is 5.11 Å². The summed E-state index contributed by atoms with van der Waals surface area (Å²) < 4.78 is 0. The highest BCUT2D eigenvalue weighted by Gasteiger charge is 2.41. The van der Waals surface area contributed by atoms with E-state index in [2.05, 4.69) is 10.3 Å². The normalized spacial score (nSPS) is 23.8. The second-order valence-corrected chi connectivity index (χ2v) is 5.23. The number of anilines is 1. The van der Waals surface area contributed by atoms with Crippen LogP contribution in [0.3, 0.4) is 0 Å². The van der Waals surface area contributed by atoms with Crippen LogP contribution in [-0.4, -0.2) is 27.2 Å². The number of fused-ring (bicyclic) bond motifs is 1. The van der Waals surface area contributed by atoms with Gasteiger partial charge in [-0.1, -0.05) is 0 Å². The minimum Gasteiger partial charge on any atom is -0.477 e. The van der Waals surface area contributed by atoms with Crippen LogP contribution in [0, 0.1) is 5.92 Å². The highest BCUT2D eigenvalue weighted by Crippen LogP contribution is 2.47. The Hall–Kier alpha value is -1.43. The van der Waals surface area contributed by atoms with E-state index in [9.17, 15) is 9.59 Å². The van der Waals surface area contributed by atoms with Gasteiger partial charge in [0.2, 0.25) is 5.91 Å². The van der Waals surface area contributed by atoms with Crippen LogP contribution < -0.4 is 5.32 Å². The number of H-pyrrole nitrogens is 1. The third-order valence-electron chi connectivity index (χ3n) is 2.86. The molecule has 1 unspecified atom stereocenters. The third-order valence-corrected chi connectivity index (χ3v) is 4.37. The van der Waals surface area contributed by atoms with Gasteiger partial charge in [0.25, 0.3) is 0 Å². The van der Waals surface area contributed by atoms with Gasteiger partial charge in [-0.2, -0.15) is 0 Å². The minimum atomic E-state index is -0.987. The number of aromatic nitrogens is 1. The van der Waals surface area contributed by atoms with E-state index in [-0.39, 0.29) is 16.9 Å². The molecule has 16 heavy (non-hydrogen) atoms. The molecule has 1 atom stereocenters. The smallest absolute Gasteiger partial charge is 0.353 e. The standard InChI is InChI=1S/C10H10N2O3S/c13-9-7(4-1-2-4)16-8-5(12-9)3-11-6(8)10(14)15/h3-4,7,11H,1-2H2,(H,12,13)(H,14,15). The number of carbonyl (C=O) groups excluding carboxylic acids is 1. The van der Waals surface area contributed by atoms with Gasteiger partial charge in [-0.25, -0.2) is 4.79 Å². The van der Waals surface area contributed by atoms with E-state index in [0.717, 1.165) is 12.8 Å². The summed E-state index contributed by atoms with van der Waals surface area (Å²) in [6.45, 7) is 0. The molecule has 0 saturated heterocycles. The number of carboxylic acid groups (broad SMARTS) is 1. The first-order valence-corrected chi connectivity index (χ1v) is 5.97. The van der Waals surface area contributed by atoms with Gasteiger partial charge < -0.3 is 15.4 Å². The minimum absolute atomic E-state index is 0.00376. The molecule has 1 amide bonds. The summed E-state index contributed by atoms with van der Waals surface area (Å²) in [7, 11) is 0. The van der Waals surface area contributed by atoms with E-state index in [0.29, 0.717) is 16.5 Å². The Bertz CT molecular complexity index is 478. The van der Waals surface area contributed by atoms with Crippen LogP contribution in [0.4, 0.5) is 5.69 Å². The van der Waals surface area contributed by atoms with E-state index < -0.39 is 5.97 Å².